The molecule has 0 aromatic heterocycles. The number of nitrogens with zero attached hydrogens (tertiary/aromatic N) is 2. The number of hydrogen-bond donors (Lipinski definition) is 2. The van der Waals surface area contributed by atoms with Gasteiger partial charge in [0, 0.05) is 13.1 Å². The average Bonchev–Trinajstić information content (AvgIpc) is 2.66. The second kappa shape index (κ2) is 6.55. The first kappa shape index (κ1) is 15.3. The minimum atomic E-state index is -0.666. The highest BCUT2D eigenvalue weighted by atomic mass is 16.2. The Kier molecular flexibility index (Phi) is 4.77. The van der Waals surface area contributed by atoms with Crippen molar-refractivity contribution >= 4 is 23.9 Å². The van der Waals surface area contributed by atoms with Crippen LogP contribution >= 0.6 is 0 Å². The first-order valence-corrected chi connectivity index (χ1v) is 7.13. The van der Waals surface area contributed by atoms with Gasteiger partial charge in [-0.2, -0.15) is 0 Å². The van der Waals surface area contributed by atoms with Crippen LogP contribution in [0.5, 0.6) is 0 Å². The predicted octanol–water partition coefficient (Wildman–Crippen LogP) is 0.0389. The number of nitrogens with one attached hydrogen (secondary N) is 2. The summed E-state index contributed by atoms with van der Waals surface area (Å²) in [7, 11) is 1.48. The summed E-state index contributed by atoms with van der Waals surface area (Å²) in [6.45, 7) is -0.472. The van der Waals surface area contributed by atoms with E-state index in [0.29, 0.717) is 0 Å². The summed E-state index contributed by atoms with van der Waals surface area (Å²) in [6.07, 6.45) is 5.14. The zero-order chi connectivity index (χ0) is 15.4. The maximum absolute atomic E-state index is 11.7. The maximum Gasteiger partial charge on any atom is 0.327 e. The molecule has 116 valence electrons. The first-order chi connectivity index (χ1) is 9.97. The Balaban J connectivity index is 1.77. The lowest BCUT2D eigenvalue weighted by Crippen LogP contribution is -2.49. The number of imide groups is 2. The molecule has 2 fully saturated rings. The zero-order valence-corrected chi connectivity index (χ0v) is 12.1. The van der Waals surface area contributed by atoms with Gasteiger partial charge in [0.25, 0.3) is 5.91 Å². The fourth-order valence-corrected chi connectivity index (χ4v) is 2.60. The van der Waals surface area contributed by atoms with Gasteiger partial charge in [0.1, 0.15) is 13.1 Å². The topological polar surface area (TPSA) is 98.8 Å². The third-order valence-corrected chi connectivity index (χ3v) is 3.73. The Hall–Kier alpha value is -2.12. The predicted molar refractivity (Wildman–Crippen MR) is 73.3 cm³/mol. The van der Waals surface area contributed by atoms with E-state index >= 15 is 0 Å². The van der Waals surface area contributed by atoms with Gasteiger partial charge in [-0.15, -0.1) is 0 Å². The summed E-state index contributed by atoms with van der Waals surface area (Å²) in [5.74, 6) is -1.11. The molecule has 0 atom stereocenters. The highest BCUT2D eigenvalue weighted by molar-refractivity contribution is 6.06. The van der Waals surface area contributed by atoms with Crippen molar-refractivity contribution in [2.24, 2.45) is 0 Å². The number of rotatable bonds is 3. The van der Waals surface area contributed by atoms with Crippen molar-refractivity contribution in [1.29, 1.82) is 0 Å². The molecule has 1 heterocycles. The molecule has 0 spiro atoms. The number of carbonyl (C=O) groups excluding carboxylic acids is 4. The smallest absolute Gasteiger partial charge is 0.327 e. The molecule has 8 heteroatoms. The molecule has 8 nitrogen and oxygen atoms in total. The van der Waals surface area contributed by atoms with Gasteiger partial charge in [0.15, 0.2) is 0 Å². The summed E-state index contributed by atoms with van der Waals surface area (Å²) in [4.78, 5) is 48.6. The molecule has 0 aromatic rings. The standard InChI is InChI=1S/C13H20N4O4/c1-16-8-11(19)17(13(16)21)7-10(18)15-12(20)14-9-5-3-2-4-6-9/h9H,2-8H2,1H3,(H2,14,15,18,20). The van der Waals surface area contributed by atoms with Gasteiger partial charge in [-0.3, -0.25) is 19.8 Å². The van der Waals surface area contributed by atoms with Gasteiger partial charge in [0.05, 0.1) is 0 Å². The number of urea groups is 2. The van der Waals surface area contributed by atoms with Crippen molar-refractivity contribution in [3.05, 3.63) is 0 Å². The number of carbonyl (C=O) groups is 4. The van der Waals surface area contributed by atoms with Crippen LogP contribution in [-0.4, -0.2) is 59.9 Å². The van der Waals surface area contributed by atoms with E-state index in [4.69, 9.17) is 0 Å². The van der Waals surface area contributed by atoms with Crippen molar-refractivity contribution in [3.63, 3.8) is 0 Å². The van der Waals surface area contributed by atoms with Gasteiger partial charge in [-0.1, -0.05) is 19.3 Å². The quantitative estimate of drug-likeness (QED) is 0.718. The van der Waals surface area contributed by atoms with E-state index in [-0.39, 0.29) is 12.6 Å². The van der Waals surface area contributed by atoms with Gasteiger partial charge in [-0.25, -0.2) is 9.59 Å². The molecule has 0 bridgehead atoms. The molecule has 1 saturated heterocycles. The van der Waals surface area contributed by atoms with Gasteiger partial charge >= 0.3 is 12.1 Å². The Morgan fingerprint density at radius 1 is 1.19 bits per heavy atom. The summed E-state index contributed by atoms with van der Waals surface area (Å²) in [5, 5.41) is 4.89. The van der Waals surface area contributed by atoms with Crippen molar-refractivity contribution in [1.82, 2.24) is 20.4 Å². The van der Waals surface area contributed by atoms with Crippen LogP contribution in [-0.2, 0) is 9.59 Å². The van der Waals surface area contributed by atoms with Crippen LogP contribution in [0.3, 0.4) is 0 Å². The van der Waals surface area contributed by atoms with Crippen molar-refractivity contribution in [2.75, 3.05) is 20.1 Å². The van der Waals surface area contributed by atoms with Crippen LogP contribution in [0.1, 0.15) is 32.1 Å². The normalized spacial score (nSPS) is 19.9. The van der Waals surface area contributed by atoms with E-state index in [1.54, 1.807) is 0 Å². The molecule has 1 aliphatic carbocycles. The van der Waals surface area contributed by atoms with Crippen molar-refractivity contribution in [3.8, 4) is 0 Å². The third-order valence-electron chi connectivity index (χ3n) is 3.73. The molecule has 0 unspecified atom stereocenters. The second-order valence-electron chi connectivity index (χ2n) is 5.48. The third kappa shape index (κ3) is 3.93. The van der Waals surface area contributed by atoms with Gasteiger partial charge in [0.2, 0.25) is 5.91 Å². The molecule has 2 aliphatic rings. The summed E-state index contributed by atoms with van der Waals surface area (Å²) >= 11 is 0. The lowest BCUT2D eigenvalue weighted by molar-refractivity contribution is -0.130. The largest absolute Gasteiger partial charge is 0.335 e. The Morgan fingerprint density at radius 3 is 2.43 bits per heavy atom. The Bertz CT molecular complexity index is 459. The summed E-state index contributed by atoms with van der Waals surface area (Å²) < 4.78 is 0. The van der Waals surface area contributed by atoms with Crippen LogP contribution in [0.15, 0.2) is 0 Å². The number of likely N-dealkylation sites (N-methyl/N-ethyl adjacent to an activating group) is 1. The molecular weight excluding hydrogens is 276 g/mol. The van der Waals surface area contributed by atoms with E-state index in [1.807, 2.05) is 0 Å². The summed E-state index contributed by atoms with van der Waals surface area (Å²) in [6, 6.07) is -1.00. The first-order valence-electron chi connectivity index (χ1n) is 7.13. The highest BCUT2D eigenvalue weighted by Gasteiger charge is 2.35. The molecule has 1 saturated carbocycles. The Morgan fingerprint density at radius 2 is 1.86 bits per heavy atom. The lowest BCUT2D eigenvalue weighted by atomic mass is 9.96. The minimum Gasteiger partial charge on any atom is -0.335 e. The van der Waals surface area contributed by atoms with E-state index < -0.39 is 30.4 Å². The SMILES string of the molecule is CN1CC(=O)N(CC(=O)NC(=O)NC2CCCCC2)C1=O. The molecule has 0 radical (unpaired) electrons. The fraction of sp³-hybridized carbons (Fsp3) is 0.692. The van der Waals surface area contributed by atoms with E-state index in [0.717, 1.165) is 30.6 Å². The molecule has 1 aliphatic heterocycles. The van der Waals surface area contributed by atoms with Crippen LogP contribution in [0.25, 0.3) is 0 Å². The molecule has 21 heavy (non-hydrogen) atoms. The average molecular weight is 296 g/mol. The monoisotopic (exact) mass is 296 g/mol. The molecule has 2 N–H and O–H groups in total. The van der Waals surface area contributed by atoms with Crippen molar-refractivity contribution in [2.45, 2.75) is 38.1 Å². The fourth-order valence-electron chi connectivity index (χ4n) is 2.60. The van der Waals surface area contributed by atoms with E-state index in [9.17, 15) is 19.2 Å². The molecule has 6 amide bonds. The van der Waals surface area contributed by atoms with E-state index in [1.165, 1.54) is 18.4 Å². The van der Waals surface area contributed by atoms with Crippen LogP contribution in [0.2, 0.25) is 0 Å². The van der Waals surface area contributed by atoms with Crippen LogP contribution in [0, 0.1) is 0 Å². The lowest BCUT2D eigenvalue weighted by Gasteiger charge is -2.22. The number of amides is 6. The second-order valence-corrected chi connectivity index (χ2v) is 5.48. The minimum absolute atomic E-state index is 0.0413. The molecule has 0 aromatic carbocycles. The highest BCUT2D eigenvalue weighted by Crippen LogP contribution is 2.17. The Labute approximate surface area is 122 Å². The van der Waals surface area contributed by atoms with E-state index in [2.05, 4.69) is 10.6 Å². The van der Waals surface area contributed by atoms with Crippen LogP contribution < -0.4 is 10.6 Å². The molecule has 2 rings (SSSR count). The zero-order valence-electron chi connectivity index (χ0n) is 12.1. The number of hydrogen-bond acceptors (Lipinski definition) is 4. The van der Waals surface area contributed by atoms with Crippen molar-refractivity contribution < 1.29 is 19.2 Å². The summed E-state index contributed by atoms with van der Waals surface area (Å²) in [5.41, 5.74) is 0. The van der Waals surface area contributed by atoms with Gasteiger partial charge < -0.3 is 10.2 Å². The molecular formula is C13H20N4O4. The van der Waals surface area contributed by atoms with Crippen LogP contribution in [0.4, 0.5) is 9.59 Å². The van der Waals surface area contributed by atoms with Gasteiger partial charge in [-0.05, 0) is 12.8 Å². The maximum atomic E-state index is 11.7.